The molecule has 0 radical (unpaired) electrons. The average molecular weight is 400 g/mol. The second-order valence-corrected chi connectivity index (χ2v) is 6.99. The highest BCUT2D eigenvalue weighted by Gasteiger charge is 2.58. The van der Waals surface area contributed by atoms with Crippen LogP contribution in [0.15, 0.2) is 48.5 Å². The molecule has 1 fully saturated rings. The Morgan fingerprint density at radius 3 is 1.52 bits per heavy atom. The Bertz CT molecular complexity index is 771. The van der Waals surface area contributed by atoms with E-state index in [1.54, 1.807) is 62.8 Å². The topological polar surface area (TPSA) is 91.3 Å². The number of carbonyl (C=O) groups excluding carboxylic acids is 2. The van der Waals surface area contributed by atoms with Gasteiger partial charge in [-0.3, -0.25) is 9.59 Å². The Morgan fingerprint density at radius 1 is 0.828 bits per heavy atom. The van der Waals surface area contributed by atoms with E-state index < -0.39 is 23.5 Å². The van der Waals surface area contributed by atoms with Crippen LogP contribution in [-0.4, -0.2) is 37.4 Å². The molecule has 0 heterocycles. The Balaban J connectivity index is 1.59. The second kappa shape index (κ2) is 8.96. The van der Waals surface area contributed by atoms with Crippen molar-refractivity contribution in [3.63, 3.8) is 0 Å². The van der Waals surface area contributed by atoms with Crippen molar-refractivity contribution in [2.75, 3.05) is 14.2 Å². The number of hydrogen-bond donors (Lipinski definition) is 1. The summed E-state index contributed by atoms with van der Waals surface area (Å²) in [7, 11) is 3.14. The molecular formula is C22H24O7. The third-order valence-electron chi connectivity index (χ3n) is 5.01. The number of rotatable bonds is 8. The number of aliphatic hydroxyl groups excluding tert-OH is 1. The van der Waals surface area contributed by atoms with Crippen molar-refractivity contribution in [2.45, 2.75) is 32.2 Å². The first-order chi connectivity index (χ1) is 14.0. The molecule has 1 aliphatic rings. The molecule has 29 heavy (non-hydrogen) atoms. The van der Waals surface area contributed by atoms with Gasteiger partial charge in [-0.2, -0.15) is 0 Å². The lowest BCUT2D eigenvalue weighted by molar-refractivity contribution is -0.190. The van der Waals surface area contributed by atoms with E-state index >= 15 is 0 Å². The molecule has 0 bridgehead atoms. The standard InChI is InChI=1S/C22H24O7/c1-26-18-7-3-15(4-8-18)13-28-20(24)22(11-17(23)12-22)21(25)29-14-16-5-9-19(27-2)10-6-16/h3-10,17,23H,11-14H2,1-2H3. The van der Waals surface area contributed by atoms with Crippen LogP contribution < -0.4 is 9.47 Å². The number of ether oxygens (including phenoxy) is 4. The lowest BCUT2D eigenvalue weighted by atomic mass is 9.66. The van der Waals surface area contributed by atoms with Gasteiger partial charge in [-0.15, -0.1) is 0 Å². The predicted molar refractivity (Wildman–Crippen MR) is 103 cm³/mol. The lowest BCUT2D eigenvalue weighted by Crippen LogP contribution is -2.53. The smallest absolute Gasteiger partial charge is 0.324 e. The van der Waals surface area contributed by atoms with Gasteiger partial charge in [0.25, 0.3) is 0 Å². The number of aliphatic hydroxyl groups is 1. The fourth-order valence-corrected chi connectivity index (χ4v) is 3.18. The van der Waals surface area contributed by atoms with E-state index in [-0.39, 0.29) is 26.1 Å². The van der Waals surface area contributed by atoms with Crippen molar-refractivity contribution in [3.05, 3.63) is 59.7 Å². The van der Waals surface area contributed by atoms with Gasteiger partial charge in [0.15, 0.2) is 5.41 Å². The first-order valence-corrected chi connectivity index (χ1v) is 9.25. The molecule has 0 aliphatic heterocycles. The molecule has 154 valence electrons. The van der Waals surface area contributed by atoms with E-state index in [4.69, 9.17) is 18.9 Å². The lowest BCUT2D eigenvalue weighted by Gasteiger charge is -2.40. The van der Waals surface area contributed by atoms with Gasteiger partial charge >= 0.3 is 11.9 Å². The van der Waals surface area contributed by atoms with Crippen molar-refractivity contribution < 1.29 is 33.6 Å². The molecule has 0 spiro atoms. The quantitative estimate of drug-likeness (QED) is 0.538. The predicted octanol–water partition coefficient (Wildman–Crippen LogP) is 2.63. The zero-order chi connectivity index (χ0) is 20.9. The molecule has 7 heteroatoms. The Morgan fingerprint density at radius 2 is 1.21 bits per heavy atom. The van der Waals surface area contributed by atoms with Crippen LogP contribution in [0.2, 0.25) is 0 Å². The highest BCUT2D eigenvalue weighted by molar-refractivity contribution is 6.01. The van der Waals surface area contributed by atoms with E-state index in [1.165, 1.54) is 0 Å². The maximum atomic E-state index is 12.7. The normalized spacial score (nSPS) is 15.1. The maximum absolute atomic E-state index is 12.7. The van der Waals surface area contributed by atoms with E-state index in [1.807, 2.05) is 0 Å². The van der Waals surface area contributed by atoms with Crippen LogP contribution in [-0.2, 0) is 32.3 Å². The molecule has 1 N–H and O–H groups in total. The van der Waals surface area contributed by atoms with Gasteiger partial charge in [-0.05, 0) is 35.4 Å². The van der Waals surface area contributed by atoms with E-state index in [0.29, 0.717) is 11.5 Å². The summed E-state index contributed by atoms with van der Waals surface area (Å²) in [5.41, 5.74) is 0.0692. The maximum Gasteiger partial charge on any atom is 0.324 e. The number of esters is 2. The summed E-state index contributed by atoms with van der Waals surface area (Å²) in [6, 6.07) is 14.1. The summed E-state index contributed by atoms with van der Waals surface area (Å²) in [5.74, 6) is 0.0261. The fourth-order valence-electron chi connectivity index (χ4n) is 3.18. The average Bonchev–Trinajstić information content (AvgIpc) is 2.74. The minimum atomic E-state index is -1.46. The Kier molecular flexibility index (Phi) is 6.39. The summed E-state index contributed by atoms with van der Waals surface area (Å²) in [6.07, 6.45) is -0.733. The third-order valence-corrected chi connectivity index (χ3v) is 5.01. The molecule has 0 unspecified atom stereocenters. The molecule has 0 saturated heterocycles. The molecule has 0 atom stereocenters. The van der Waals surface area contributed by atoms with Crippen molar-refractivity contribution in [1.29, 1.82) is 0 Å². The van der Waals surface area contributed by atoms with Gasteiger partial charge in [0, 0.05) is 12.8 Å². The van der Waals surface area contributed by atoms with E-state index in [9.17, 15) is 14.7 Å². The van der Waals surface area contributed by atoms with Crippen LogP contribution in [0.1, 0.15) is 24.0 Å². The van der Waals surface area contributed by atoms with Crippen LogP contribution in [0, 0.1) is 5.41 Å². The van der Waals surface area contributed by atoms with Crippen LogP contribution in [0.25, 0.3) is 0 Å². The van der Waals surface area contributed by atoms with E-state index in [0.717, 1.165) is 11.1 Å². The SMILES string of the molecule is COc1ccc(COC(=O)C2(C(=O)OCc3ccc(OC)cc3)CC(O)C2)cc1. The van der Waals surface area contributed by atoms with Crippen LogP contribution in [0.4, 0.5) is 0 Å². The molecule has 0 amide bonds. The van der Waals surface area contributed by atoms with E-state index in [2.05, 4.69) is 0 Å². The van der Waals surface area contributed by atoms with Gasteiger partial charge in [0.2, 0.25) is 0 Å². The largest absolute Gasteiger partial charge is 0.497 e. The number of carbonyl (C=O) groups is 2. The third kappa shape index (κ3) is 4.68. The zero-order valence-electron chi connectivity index (χ0n) is 16.4. The number of hydrogen-bond acceptors (Lipinski definition) is 7. The molecule has 2 aromatic rings. The molecule has 7 nitrogen and oxygen atoms in total. The van der Waals surface area contributed by atoms with Gasteiger partial charge < -0.3 is 24.1 Å². The highest BCUT2D eigenvalue weighted by atomic mass is 16.6. The molecule has 3 rings (SSSR count). The summed E-state index contributed by atoms with van der Waals surface area (Å²) >= 11 is 0. The summed E-state index contributed by atoms with van der Waals surface area (Å²) in [4.78, 5) is 25.3. The molecule has 0 aromatic heterocycles. The van der Waals surface area contributed by atoms with Gasteiger partial charge in [0.1, 0.15) is 24.7 Å². The second-order valence-electron chi connectivity index (χ2n) is 6.99. The van der Waals surface area contributed by atoms with Gasteiger partial charge in [0.05, 0.1) is 20.3 Å². The molecule has 1 saturated carbocycles. The van der Waals surface area contributed by atoms with Crippen LogP contribution >= 0.6 is 0 Å². The molecule has 1 aliphatic carbocycles. The number of benzene rings is 2. The summed E-state index contributed by atoms with van der Waals surface area (Å²) in [6.45, 7) is 0.0405. The first-order valence-electron chi connectivity index (χ1n) is 9.25. The van der Waals surface area contributed by atoms with Crippen molar-refractivity contribution >= 4 is 11.9 Å². The molecule has 2 aromatic carbocycles. The van der Waals surface area contributed by atoms with Gasteiger partial charge in [-0.25, -0.2) is 0 Å². The van der Waals surface area contributed by atoms with Crippen molar-refractivity contribution in [2.24, 2.45) is 5.41 Å². The monoisotopic (exact) mass is 400 g/mol. The minimum Gasteiger partial charge on any atom is -0.497 e. The van der Waals surface area contributed by atoms with Crippen LogP contribution in [0.5, 0.6) is 11.5 Å². The van der Waals surface area contributed by atoms with Crippen molar-refractivity contribution in [3.8, 4) is 11.5 Å². The van der Waals surface area contributed by atoms with Gasteiger partial charge in [-0.1, -0.05) is 24.3 Å². The summed E-state index contributed by atoms with van der Waals surface area (Å²) < 4.78 is 20.9. The number of methoxy groups -OCH3 is 2. The van der Waals surface area contributed by atoms with Crippen LogP contribution in [0.3, 0.4) is 0 Å². The Hall–Kier alpha value is -3.06. The van der Waals surface area contributed by atoms with Crippen molar-refractivity contribution in [1.82, 2.24) is 0 Å². The molecular weight excluding hydrogens is 376 g/mol. The first kappa shape index (κ1) is 20.7. The summed E-state index contributed by atoms with van der Waals surface area (Å²) in [5, 5.41) is 9.72. The zero-order valence-corrected chi connectivity index (χ0v) is 16.4. The Labute approximate surface area is 169 Å². The fraction of sp³-hybridized carbons (Fsp3) is 0.364. The highest BCUT2D eigenvalue weighted by Crippen LogP contribution is 2.44. The minimum absolute atomic E-state index is 0.00408.